The number of rotatable bonds is 6. The second-order valence-electron chi connectivity index (χ2n) is 9.61. The predicted octanol–water partition coefficient (Wildman–Crippen LogP) is 3.48. The van der Waals surface area contributed by atoms with Gasteiger partial charge < -0.3 is 20.1 Å². The molecule has 1 aromatic rings. The average Bonchev–Trinajstić information content (AvgIpc) is 2.67. The molecule has 1 aliphatic heterocycles. The van der Waals surface area contributed by atoms with Gasteiger partial charge in [0, 0.05) is 25.0 Å². The van der Waals surface area contributed by atoms with Gasteiger partial charge in [-0.25, -0.2) is 0 Å². The lowest BCUT2D eigenvalue weighted by molar-refractivity contribution is -0.146. The van der Waals surface area contributed by atoms with Crippen LogP contribution in [0.2, 0.25) is 0 Å². The molecule has 0 aromatic heterocycles. The molecule has 5 aliphatic rings. The fourth-order valence-corrected chi connectivity index (χ4v) is 6.48. The second-order valence-corrected chi connectivity index (χ2v) is 9.61. The van der Waals surface area contributed by atoms with E-state index in [1.165, 1.54) is 19.3 Å². The number of aryl methyl sites for hydroxylation is 1. The number of amides is 1. The molecular weight excluding hydrogens is 388 g/mol. The van der Waals surface area contributed by atoms with Crippen molar-refractivity contribution in [3.63, 3.8) is 0 Å². The van der Waals surface area contributed by atoms with E-state index < -0.39 is 0 Å². The molecule has 5 nitrogen and oxygen atoms in total. The normalized spacial score (nSPS) is 33.8. The molecule has 1 amide bonds. The highest BCUT2D eigenvalue weighted by Gasteiger charge is 2.54. The summed E-state index contributed by atoms with van der Waals surface area (Å²) in [6.45, 7) is 4.77. The fraction of sp³-hybridized carbons (Fsp3) is 0.696. The molecule has 0 spiro atoms. The highest BCUT2D eigenvalue weighted by atomic mass is 35.5. The Labute approximate surface area is 179 Å². The maximum absolute atomic E-state index is 13.0. The van der Waals surface area contributed by atoms with Crippen molar-refractivity contribution < 1.29 is 14.3 Å². The third-order valence-electron chi connectivity index (χ3n) is 7.36. The zero-order valence-corrected chi connectivity index (χ0v) is 18.1. The van der Waals surface area contributed by atoms with Crippen LogP contribution in [0, 0.1) is 30.1 Å². The second kappa shape index (κ2) is 8.35. The number of ether oxygens (including phenoxy) is 2. The fourth-order valence-electron chi connectivity index (χ4n) is 6.48. The van der Waals surface area contributed by atoms with Gasteiger partial charge in [-0.15, -0.1) is 12.4 Å². The van der Waals surface area contributed by atoms with Gasteiger partial charge in [0.15, 0.2) is 11.5 Å². The molecule has 4 aliphatic carbocycles. The minimum Gasteiger partial charge on any atom is -0.486 e. The Morgan fingerprint density at radius 2 is 1.79 bits per heavy atom. The van der Waals surface area contributed by atoms with Gasteiger partial charge in [-0.3, -0.25) is 4.79 Å². The van der Waals surface area contributed by atoms with Gasteiger partial charge >= 0.3 is 0 Å². The summed E-state index contributed by atoms with van der Waals surface area (Å²) >= 11 is 0. The Balaban J connectivity index is 0.00000205. The maximum atomic E-state index is 13.0. The molecule has 1 heterocycles. The number of hydrogen-bond donors (Lipinski definition) is 2. The molecule has 0 saturated heterocycles. The molecule has 6 rings (SSSR count). The summed E-state index contributed by atoms with van der Waals surface area (Å²) in [6, 6.07) is 5.98. The Morgan fingerprint density at radius 1 is 1.10 bits per heavy atom. The first kappa shape index (κ1) is 20.8. The highest BCUT2D eigenvalue weighted by Crippen LogP contribution is 2.60. The van der Waals surface area contributed by atoms with Crippen molar-refractivity contribution in [2.75, 3.05) is 26.2 Å². The lowest BCUT2D eigenvalue weighted by Crippen LogP contribution is -2.54. The zero-order valence-electron chi connectivity index (χ0n) is 17.2. The molecule has 1 atom stereocenters. The quantitative estimate of drug-likeness (QED) is 0.692. The minimum absolute atomic E-state index is 0. The standard InChI is InChI=1S/C23H32N2O3.ClH/c1-15-3-2-4-20-21(15)28-19(14-27-20)13-24-5-6-25-22(26)23-10-16-7-17(11-23)9-18(8-16)12-23;/h2-4,16-19,24H,5-14H2,1H3,(H,25,26);1H. The molecular formula is C23H33ClN2O3. The van der Waals surface area contributed by atoms with Gasteiger partial charge in [-0.1, -0.05) is 12.1 Å². The number of fused-ring (bicyclic) bond motifs is 1. The summed E-state index contributed by atoms with van der Waals surface area (Å²) in [7, 11) is 0. The van der Waals surface area contributed by atoms with Crippen LogP contribution in [-0.2, 0) is 4.79 Å². The van der Waals surface area contributed by atoms with Gasteiger partial charge in [0.2, 0.25) is 5.91 Å². The zero-order chi connectivity index (χ0) is 19.1. The molecule has 1 unspecified atom stereocenters. The Hall–Kier alpha value is -1.46. The van der Waals surface area contributed by atoms with E-state index in [4.69, 9.17) is 9.47 Å². The monoisotopic (exact) mass is 420 g/mol. The van der Waals surface area contributed by atoms with Crippen LogP contribution in [0.15, 0.2) is 18.2 Å². The molecule has 4 bridgehead atoms. The lowest BCUT2D eigenvalue weighted by Gasteiger charge is -2.55. The van der Waals surface area contributed by atoms with Crippen LogP contribution >= 0.6 is 12.4 Å². The number of carbonyl (C=O) groups excluding carboxylic acids is 1. The van der Waals surface area contributed by atoms with Gasteiger partial charge in [0.1, 0.15) is 12.7 Å². The summed E-state index contributed by atoms with van der Waals surface area (Å²) in [5.41, 5.74) is 1.06. The van der Waals surface area contributed by atoms with E-state index in [0.717, 1.165) is 67.2 Å². The topological polar surface area (TPSA) is 59.6 Å². The van der Waals surface area contributed by atoms with E-state index in [-0.39, 0.29) is 23.9 Å². The highest BCUT2D eigenvalue weighted by molar-refractivity contribution is 5.85. The molecule has 6 heteroatoms. The van der Waals surface area contributed by atoms with Crippen molar-refractivity contribution >= 4 is 18.3 Å². The summed E-state index contributed by atoms with van der Waals surface area (Å²) in [6.07, 6.45) is 7.52. The third kappa shape index (κ3) is 4.09. The lowest BCUT2D eigenvalue weighted by atomic mass is 9.49. The van der Waals surface area contributed by atoms with E-state index in [1.807, 2.05) is 25.1 Å². The van der Waals surface area contributed by atoms with E-state index in [0.29, 0.717) is 19.1 Å². The van der Waals surface area contributed by atoms with Crippen LogP contribution in [0.3, 0.4) is 0 Å². The van der Waals surface area contributed by atoms with E-state index in [1.54, 1.807) is 0 Å². The Bertz CT molecular complexity index is 718. The third-order valence-corrected chi connectivity index (χ3v) is 7.36. The first-order valence-corrected chi connectivity index (χ1v) is 11.0. The molecule has 29 heavy (non-hydrogen) atoms. The SMILES string of the molecule is Cc1cccc2c1OC(CNCCNC(=O)C13CC4CC(CC(C4)C1)C3)CO2.Cl. The van der Waals surface area contributed by atoms with Crippen molar-refractivity contribution in [3.8, 4) is 11.5 Å². The summed E-state index contributed by atoms with van der Waals surface area (Å²) < 4.78 is 11.9. The van der Waals surface area contributed by atoms with Crippen molar-refractivity contribution in [2.24, 2.45) is 23.2 Å². The molecule has 4 fully saturated rings. The Morgan fingerprint density at radius 3 is 2.48 bits per heavy atom. The largest absolute Gasteiger partial charge is 0.486 e. The van der Waals surface area contributed by atoms with Crippen LogP contribution < -0.4 is 20.1 Å². The van der Waals surface area contributed by atoms with E-state index in [9.17, 15) is 4.79 Å². The predicted molar refractivity (Wildman–Crippen MR) is 115 cm³/mol. The van der Waals surface area contributed by atoms with Crippen molar-refractivity contribution in [3.05, 3.63) is 23.8 Å². The van der Waals surface area contributed by atoms with Crippen LogP contribution in [0.4, 0.5) is 0 Å². The molecule has 0 radical (unpaired) electrons. The molecule has 1 aromatic carbocycles. The van der Waals surface area contributed by atoms with Gasteiger partial charge in [-0.05, 0) is 74.8 Å². The van der Waals surface area contributed by atoms with Crippen LogP contribution in [-0.4, -0.2) is 38.3 Å². The maximum Gasteiger partial charge on any atom is 0.226 e. The molecule has 160 valence electrons. The number of carbonyl (C=O) groups is 1. The van der Waals surface area contributed by atoms with Gasteiger partial charge in [0.05, 0.1) is 0 Å². The number of para-hydroxylation sites is 1. The first-order chi connectivity index (χ1) is 13.6. The van der Waals surface area contributed by atoms with Crippen molar-refractivity contribution in [1.82, 2.24) is 10.6 Å². The van der Waals surface area contributed by atoms with Crippen molar-refractivity contribution in [1.29, 1.82) is 0 Å². The van der Waals surface area contributed by atoms with Crippen LogP contribution in [0.1, 0.15) is 44.1 Å². The summed E-state index contributed by atoms with van der Waals surface area (Å²) in [5, 5.41) is 6.64. The summed E-state index contributed by atoms with van der Waals surface area (Å²) in [5.74, 6) is 4.43. The number of nitrogens with one attached hydrogen (secondary N) is 2. The number of hydrogen-bond acceptors (Lipinski definition) is 4. The average molecular weight is 421 g/mol. The number of benzene rings is 1. The summed E-state index contributed by atoms with van der Waals surface area (Å²) in [4.78, 5) is 13.0. The smallest absolute Gasteiger partial charge is 0.226 e. The van der Waals surface area contributed by atoms with E-state index >= 15 is 0 Å². The number of halogens is 1. The Kier molecular flexibility index (Phi) is 5.99. The van der Waals surface area contributed by atoms with Crippen molar-refractivity contribution in [2.45, 2.75) is 51.6 Å². The minimum atomic E-state index is -0.0453. The first-order valence-electron chi connectivity index (χ1n) is 11.0. The van der Waals surface area contributed by atoms with E-state index in [2.05, 4.69) is 10.6 Å². The van der Waals surface area contributed by atoms with Gasteiger partial charge in [-0.2, -0.15) is 0 Å². The molecule has 4 saturated carbocycles. The molecule has 2 N–H and O–H groups in total. The van der Waals surface area contributed by atoms with Gasteiger partial charge in [0.25, 0.3) is 0 Å². The van der Waals surface area contributed by atoms with Crippen LogP contribution in [0.5, 0.6) is 11.5 Å². The van der Waals surface area contributed by atoms with Crippen LogP contribution in [0.25, 0.3) is 0 Å².